The van der Waals surface area contributed by atoms with E-state index < -0.39 is 0 Å². The van der Waals surface area contributed by atoms with Crippen molar-refractivity contribution in [3.8, 4) is 0 Å². The highest BCUT2D eigenvalue weighted by atomic mass is 32.1. The van der Waals surface area contributed by atoms with Crippen LogP contribution in [0.25, 0.3) is 10.2 Å². The summed E-state index contributed by atoms with van der Waals surface area (Å²) < 4.78 is 13.5. The third-order valence-corrected chi connectivity index (χ3v) is 7.17. The van der Waals surface area contributed by atoms with Gasteiger partial charge < -0.3 is 14.2 Å². The molecule has 0 spiro atoms. The first-order chi connectivity index (χ1) is 12.6. The zero-order chi connectivity index (χ0) is 19.6. The maximum atomic E-state index is 11.9. The van der Waals surface area contributed by atoms with Crippen molar-refractivity contribution in [1.82, 2.24) is 14.8 Å². The van der Waals surface area contributed by atoms with Crippen LogP contribution in [0.2, 0.25) is 0 Å². The predicted octanol–water partition coefficient (Wildman–Crippen LogP) is 2.04. The molecule has 144 valence electrons. The minimum absolute atomic E-state index is 0.130. The third-order valence-electron chi connectivity index (χ3n) is 6.03. The molecule has 1 amide bonds. The van der Waals surface area contributed by atoms with E-state index in [0.717, 1.165) is 20.7 Å². The van der Waals surface area contributed by atoms with Gasteiger partial charge in [-0.25, -0.2) is 4.98 Å². The second-order valence-corrected chi connectivity index (χ2v) is 9.63. The van der Waals surface area contributed by atoms with Crippen LogP contribution < -0.4 is 5.46 Å². The largest absolute Gasteiger partial charge is 0.494 e. The van der Waals surface area contributed by atoms with Gasteiger partial charge in [0.2, 0.25) is 5.91 Å². The Morgan fingerprint density at radius 2 is 1.85 bits per heavy atom. The van der Waals surface area contributed by atoms with Crippen molar-refractivity contribution in [3.05, 3.63) is 23.2 Å². The number of aromatic nitrogens is 1. The molecule has 2 aromatic rings. The van der Waals surface area contributed by atoms with E-state index in [2.05, 4.69) is 50.8 Å². The molecule has 2 fully saturated rings. The van der Waals surface area contributed by atoms with Crippen molar-refractivity contribution >= 4 is 40.0 Å². The van der Waals surface area contributed by atoms with Crippen LogP contribution in [0.1, 0.15) is 38.7 Å². The monoisotopic (exact) mass is 387 g/mol. The smallest absolute Gasteiger partial charge is 0.399 e. The van der Waals surface area contributed by atoms with Crippen LogP contribution in [0.15, 0.2) is 18.2 Å². The van der Waals surface area contributed by atoms with Gasteiger partial charge in [-0.3, -0.25) is 9.69 Å². The van der Waals surface area contributed by atoms with Crippen LogP contribution >= 0.6 is 11.3 Å². The Labute approximate surface area is 164 Å². The maximum Gasteiger partial charge on any atom is 0.494 e. The van der Waals surface area contributed by atoms with Crippen molar-refractivity contribution in [2.75, 3.05) is 27.2 Å². The molecule has 27 heavy (non-hydrogen) atoms. The summed E-state index contributed by atoms with van der Waals surface area (Å²) in [5.74, 6) is 0.151. The van der Waals surface area contributed by atoms with E-state index in [9.17, 15) is 4.79 Å². The zero-order valence-electron chi connectivity index (χ0n) is 16.8. The third kappa shape index (κ3) is 3.18. The van der Waals surface area contributed by atoms with Crippen molar-refractivity contribution < 1.29 is 14.1 Å². The van der Waals surface area contributed by atoms with E-state index in [1.807, 2.05) is 14.1 Å². The van der Waals surface area contributed by atoms with Crippen LogP contribution in [0.3, 0.4) is 0 Å². The van der Waals surface area contributed by atoms with Gasteiger partial charge in [-0.2, -0.15) is 0 Å². The average Bonchev–Trinajstić information content (AvgIpc) is 3.08. The molecule has 1 aromatic heterocycles. The molecule has 8 heteroatoms. The predicted molar refractivity (Wildman–Crippen MR) is 108 cm³/mol. The molecule has 0 N–H and O–H groups in total. The number of rotatable bonds is 2. The first-order valence-corrected chi connectivity index (χ1v) is 10.1. The minimum Gasteiger partial charge on any atom is -0.399 e. The molecule has 0 saturated carbocycles. The Bertz CT molecular complexity index is 881. The highest BCUT2D eigenvalue weighted by molar-refractivity contribution is 7.18. The molecule has 4 rings (SSSR count). The molecule has 0 aliphatic carbocycles. The lowest BCUT2D eigenvalue weighted by molar-refractivity contribution is -0.136. The first kappa shape index (κ1) is 18.9. The van der Waals surface area contributed by atoms with Crippen LogP contribution in [0.4, 0.5) is 0 Å². The fourth-order valence-corrected chi connectivity index (χ4v) is 4.55. The fourth-order valence-electron chi connectivity index (χ4n) is 3.44. The van der Waals surface area contributed by atoms with E-state index in [4.69, 9.17) is 14.3 Å². The van der Waals surface area contributed by atoms with Crippen molar-refractivity contribution in [1.29, 1.82) is 0 Å². The summed E-state index contributed by atoms with van der Waals surface area (Å²) in [6.45, 7) is 9.33. The quantitative estimate of drug-likeness (QED) is 0.739. The van der Waals surface area contributed by atoms with Crippen molar-refractivity contribution in [3.63, 3.8) is 0 Å². The summed E-state index contributed by atoms with van der Waals surface area (Å²) in [6, 6.07) is 6.35. The Morgan fingerprint density at radius 3 is 2.52 bits per heavy atom. The number of nitrogens with zero attached hydrogens (tertiary/aromatic N) is 3. The van der Waals surface area contributed by atoms with Gasteiger partial charge in [-0.1, -0.05) is 6.07 Å². The normalized spacial score (nSPS) is 25.6. The highest BCUT2D eigenvalue weighted by Crippen LogP contribution is 2.37. The van der Waals surface area contributed by atoms with Gasteiger partial charge in [-0.05, 0) is 52.3 Å². The number of amides is 1. The summed E-state index contributed by atoms with van der Waals surface area (Å²) in [5.41, 5.74) is 1.22. The topological polar surface area (TPSA) is 54.9 Å². The molecule has 1 aromatic carbocycles. The number of likely N-dealkylation sites (N-methyl/N-ethyl adjacent to an activating group) is 2. The van der Waals surface area contributed by atoms with Gasteiger partial charge in [-0.15, -0.1) is 11.3 Å². The summed E-state index contributed by atoms with van der Waals surface area (Å²) >= 11 is 1.69. The van der Waals surface area contributed by atoms with Gasteiger partial charge in [0, 0.05) is 13.6 Å². The molecule has 2 aliphatic rings. The van der Waals surface area contributed by atoms with E-state index >= 15 is 0 Å². The lowest BCUT2D eigenvalue weighted by atomic mass is 9.79. The van der Waals surface area contributed by atoms with E-state index in [1.165, 1.54) is 0 Å². The number of carbonyl (C=O) groups excluding carboxylic acids is 1. The lowest BCUT2D eigenvalue weighted by Gasteiger charge is -2.35. The number of hydrogen-bond donors (Lipinski definition) is 0. The Balaban J connectivity index is 1.62. The van der Waals surface area contributed by atoms with Crippen LogP contribution in [0.5, 0.6) is 0 Å². The standard InChI is InChI=1S/C19H26BN3O3S/c1-18(2)19(3,4)26-20(25-18)12-7-8-15-13(9-12)21-17(27-15)14-10-23(6)16(24)11-22(14)5/h7-9,14H,10-11H2,1-6H3. The van der Waals surface area contributed by atoms with Crippen LogP contribution in [0, 0.1) is 0 Å². The molecule has 1 atom stereocenters. The lowest BCUT2D eigenvalue weighted by Crippen LogP contribution is -2.48. The van der Waals surface area contributed by atoms with Crippen LogP contribution in [-0.2, 0) is 14.1 Å². The molecule has 2 aliphatic heterocycles. The summed E-state index contributed by atoms with van der Waals surface area (Å²) in [5, 5.41) is 1.04. The van der Waals surface area contributed by atoms with Crippen LogP contribution in [-0.4, -0.2) is 66.2 Å². The molecule has 3 heterocycles. The Hall–Kier alpha value is -1.48. The van der Waals surface area contributed by atoms with Gasteiger partial charge >= 0.3 is 7.12 Å². The summed E-state index contributed by atoms with van der Waals surface area (Å²) in [6.07, 6.45) is 0. The molecule has 1 unspecified atom stereocenters. The Kier molecular flexibility index (Phi) is 4.38. The Morgan fingerprint density at radius 1 is 1.19 bits per heavy atom. The maximum absolute atomic E-state index is 11.9. The number of hydrogen-bond acceptors (Lipinski definition) is 6. The average molecular weight is 387 g/mol. The zero-order valence-corrected chi connectivity index (χ0v) is 17.6. The molecule has 0 bridgehead atoms. The van der Waals surface area contributed by atoms with E-state index in [-0.39, 0.29) is 30.3 Å². The van der Waals surface area contributed by atoms with Gasteiger partial charge in [0.1, 0.15) is 5.01 Å². The van der Waals surface area contributed by atoms with Gasteiger partial charge in [0.05, 0.1) is 34.0 Å². The molecule has 6 nitrogen and oxygen atoms in total. The molecular weight excluding hydrogens is 361 g/mol. The first-order valence-electron chi connectivity index (χ1n) is 9.28. The highest BCUT2D eigenvalue weighted by Gasteiger charge is 2.51. The molecular formula is C19H26BN3O3S. The summed E-state index contributed by atoms with van der Waals surface area (Å²) in [4.78, 5) is 20.6. The summed E-state index contributed by atoms with van der Waals surface area (Å²) in [7, 11) is 3.45. The molecule has 2 saturated heterocycles. The fraction of sp³-hybridized carbons (Fsp3) is 0.579. The van der Waals surface area contributed by atoms with E-state index in [1.54, 1.807) is 16.2 Å². The second-order valence-electron chi connectivity index (χ2n) is 8.57. The van der Waals surface area contributed by atoms with E-state index in [0.29, 0.717) is 13.1 Å². The number of piperazine rings is 1. The van der Waals surface area contributed by atoms with Crippen molar-refractivity contribution in [2.45, 2.75) is 44.9 Å². The number of fused-ring (bicyclic) bond motifs is 1. The van der Waals surface area contributed by atoms with Gasteiger partial charge in [0.15, 0.2) is 0 Å². The SMILES string of the molecule is CN1CC(c2nc3cc(B4OC(C)(C)C(C)(C)O4)ccc3s2)N(C)CC1=O. The number of thiazole rings is 1. The minimum atomic E-state index is -0.384. The van der Waals surface area contributed by atoms with Crippen molar-refractivity contribution in [2.24, 2.45) is 0 Å². The van der Waals surface area contributed by atoms with Gasteiger partial charge in [0.25, 0.3) is 0 Å². The number of benzene rings is 1. The number of carbonyl (C=O) groups is 1. The second kappa shape index (κ2) is 6.27. The molecule has 0 radical (unpaired) electrons.